The summed E-state index contributed by atoms with van der Waals surface area (Å²) in [6, 6.07) is 3.60. The van der Waals surface area contributed by atoms with Gasteiger partial charge in [-0.3, -0.25) is 0 Å². The number of halogens is 1. The van der Waals surface area contributed by atoms with Crippen molar-refractivity contribution in [3.05, 3.63) is 39.2 Å². The van der Waals surface area contributed by atoms with Crippen molar-refractivity contribution in [2.75, 3.05) is 6.61 Å². The van der Waals surface area contributed by atoms with E-state index >= 15 is 0 Å². The lowest BCUT2D eigenvalue weighted by molar-refractivity contribution is 0.294. The second-order valence-corrected chi connectivity index (χ2v) is 6.02. The van der Waals surface area contributed by atoms with Gasteiger partial charge in [0.05, 0.1) is 4.83 Å². The molecule has 3 rings (SSSR count). The molecular formula is C14H13BrO3. The minimum Gasteiger partial charge on any atom is -0.492 e. The van der Waals surface area contributed by atoms with E-state index in [-0.39, 0.29) is 5.63 Å². The number of aryl methyl sites for hydroxylation is 2. The van der Waals surface area contributed by atoms with Gasteiger partial charge in [0.1, 0.15) is 17.9 Å². The number of hydrogen-bond acceptors (Lipinski definition) is 3. The van der Waals surface area contributed by atoms with Crippen LogP contribution in [0.1, 0.15) is 16.7 Å². The second-order valence-electron chi connectivity index (χ2n) is 4.73. The minimum atomic E-state index is -0.308. The zero-order chi connectivity index (χ0) is 12.9. The molecule has 3 nitrogen and oxygen atoms in total. The quantitative estimate of drug-likeness (QED) is 0.554. The Bertz CT molecular complexity index is 687. The van der Waals surface area contributed by atoms with Gasteiger partial charge in [0.15, 0.2) is 0 Å². The van der Waals surface area contributed by atoms with Gasteiger partial charge < -0.3 is 9.15 Å². The van der Waals surface area contributed by atoms with E-state index in [0.29, 0.717) is 17.0 Å². The summed E-state index contributed by atoms with van der Waals surface area (Å²) in [7, 11) is 0. The summed E-state index contributed by atoms with van der Waals surface area (Å²) < 4.78 is 11.1. The molecule has 1 atom stereocenters. The molecule has 2 heterocycles. The van der Waals surface area contributed by atoms with Crippen LogP contribution in [0.4, 0.5) is 0 Å². The van der Waals surface area contributed by atoms with Crippen molar-refractivity contribution >= 4 is 26.9 Å². The Labute approximate surface area is 113 Å². The van der Waals surface area contributed by atoms with E-state index in [2.05, 4.69) is 22.0 Å². The molecule has 2 aromatic rings. The highest BCUT2D eigenvalue weighted by Crippen LogP contribution is 2.36. The van der Waals surface area contributed by atoms with Gasteiger partial charge in [-0.25, -0.2) is 4.79 Å². The Kier molecular flexibility index (Phi) is 2.70. The topological polar surface area (TPSA) is 39.4 Å². The van der Waals surface area contributed by atoms with Crippen molar-refractivity contribution < 1.29 is 9.15 Å². The SMILES string of the molecule is Cc1cc(=O)oc2c(C)c3c(cc12)CC(Br)CO3. The summed E-state index contributed by atoms with van der Waals surface area (Å²) in [6.45, 7) is 4.52. The van der Waals surface area contributed by atoms with Gasteiger partial charge in [-0.15, -0.1) is 0 Å². The van der Waals surface area contributed by atoms with Gasteiger partial charge in [-0.1, -0.05) is 15.9 Å². The van der Waals surface area contributed by atoms with Gasteiger partial charge in [0.2, 0.25) is 0 Å². The molecule has 1 aromatic carbocycles. The van der Waals surface area contributed by atoms with Gasteiger partial charge in [-0.2, -0.15) is 0 Å². The largest absolute Gasteiger partial charge is 0.492 e. The number of hydrogen-bond donors (Lipinski definition) is 0. The number of ether oxygens (including phenoxy) is 1. The molecule has 1 unspecified atom stereocenters. The van der Waals surface area contributed by atoms with Crippen molar-refractivity contribution in [1.29, 1.82) is 0 Å². The Morgan fingerprint density at radius 1 is 1.33 bits per heavy atom. The molecule has 0 spiro atoms. The second kappa shape index (κ2) is 4.12. The lowest BCUT2D eigenvalue weighted by atomic mass is 9.98. The Balaban J connectivity index is 2.37. The molecule has 1 aliphatic rings. The van der Waals surface area contributed by atoms with Crippen molar-refractivity contribution in [3.8, 4) is 5.75 Å². The smallest absolute Gasteiger partial charge is 0.336 e. The summed E-state index contributed by atoms with van der Waals surface area (Å²) in [5.74, 6) is 0.868. The first-order valence-corrected chi connectivity index (χ1v) is 6.81. The average Bonchev–Trinajstić information content (AvgIpc) is 2.31. The average molecular weight is 309 g/mol. The molecule has 0 radical (unpaired) electrons. The van der Waals surface area contributed by atoms with E-state index in [4.69, 9.17) is 9.15 Å². The molecule has 0 saturated carbocycles. The molecule has 0 fully saturated rings. The van der Waals surface area contributed by atoms with Gasteiger partial charge in [0.25, 0.3) is 0 Å². The molecule has 18 heavy (non-hydrogen) atoms. The minimum absolute atomic E-state index is 0.308. The summed E-state index contributed by atoms with van der Waals surface area (Å²) in [6.07, 6.45) is 0.935. The van der Waals surface area contributed by atoms with Crippen LogP contribution in [-0.2, 0) is 6.42 Å². The first-order chi connectivity index (χ1) is 8.56. The Hall–Kier alpha value is -1.29. The first kappa shape index (κ1) is 11.8. The van der Waals surface area contributed by atoms with Crippen LogP contribution in [0.2, 0.25) is 0 Å². The van der Waals surface area contributed by atoms with E-state index in [0.717, 1.165) is 28.7 Å². The molecular weight excluding hydrogens is 296 g/mol. The highest BCUT2D eigenvalue weighted by atomic mass is 79.9. The fourth-order valence-electron chi connectivity index (χ4n) is 2.48. The van der Waals surface area contributed by atoms with Crippen LogP contribution in [0.25, 0.3) is 11.0 Å². The molecule has 0 aliphatic carbocycles. The lowest BCUT2D eigenvalue weighted by Crippen LogP contribution is -2.21. The van der Waals surface area contributed by atoms with Crippen molar-refractivity contribution in [2.24, 2.45) is 0 Å². The maximum absolute atomic E-state index is 11.5. The zero-order valence-corrected chi connectivity index (χ0v) is 11.8. The van der Waals surface area contributed by atoms with Gasteiger partial charge in [-0.05, 0) is 37.5 Å². The summed E-state index contributed by atoms with van der Waals surface area (Å²) >= 11 is 3.58. The number of benzene rings is 1. The molecule has 0 N–H and O–H groups in total. The lowest BCUT2D eigenvalue weighted by Gasteiger charge is -2.23. The summed E-state index contributed by atoms with van der Waals surface area (Å²) in [5.41, 5.74) is 3.38. The van der Waals surface area contributed by atoms with E-state index in [1.807, 2.05) is 13.8 Å². The summed E-state index contributed by atoms with van der Waals surface area (Å²) in [5, 5.41) is 0.996. The van der Waals surface area contributed by atoms with Gasteiger partial charge in [0, 0.05) is 17.0 Å². The summed E-state index contributed by atoms with van der Waals surface area (Å²) in [4.78, 5) is 11.8. The monoisotopic (exact) mass is 308 g/mol. The molecule has 0 bridgehead atoms. The predicted octanol–water partition coefficient (Wildman–Crippen LogP) is 3.11. The number of fused-ring (bicyclic) bond motifs is 2. The molecule has 4 heteroatoms. The third kappa shape index (κ3) is 1.75. The van der Waals surface area contributed by atoms with Gasteiger partial charge >= 0.3 is 5.63 Å². The van der Waals surface area contributed by atoms with Crippen LogP contribution in [0.5, 0.6) is 5.75 Å². The van der Waals surface area contributed by atoms with E-state index in [1.165, 1.54) is 11.6 Å². The third-order valence-corrected chi connectivity index (χ3v) is 3.94. The third-order valence-electron chi connectivity index (χ3n) is 3.35. The first-order valence-electron chi connectivity index (χ1n) is 5.90. The van der Waals surface area contributed by atoms with Crippen LogP contribution < -0.4 is 10.4 Å². The van der Waals surface area contributed by atoms with E-state index < -0.39 is 0 Å². The molecule has 1 aromatic heterocycles. The number of rotatable bonds is 0. The maximum Gasteiger partial charge on any atom is 0.336 e. The van der Waals surface area contributed by atoms with Crippen molar-refractivity contribution in [3.63, 3.8) is 0 Å². The molecule has 0 saturated heterocycles. The zero-order valence-electron chi connectivity index (χ0n) is 10.2. The molecule has 94 valence electrons. The van der Waals surface area contributed by atoms with Crippen LogP contribution in [0.3, 0.4) is 0 Å². The maximum atomic E-state index is 11.5. The highest BCUT2D eigenvalue weighted by Gasteiger charge is 2.22. The molecule has 0 amide bonds. The number of alkyl halides is 1. The van der Waals surface area contributed by atoms with Crippen LogP contribution in [-0.4, -0.2) is 11.4 Å². The fraction of sp³-hybridized carbons (Fsp3) is 0.357. The highest BCUT2D eigenvalue weighted by molar-refractivity contribution is 9.09. The Morgan fingerprint density at radius 2 is 2.11 bits per heavy atom. The van der Waals surface area contributed by atoms with Crippen LogP contribution in [0.15, 0.2) is 21.3 Å². The van der Waals surface area contributed by atoms with E-state index in [9.17, 15) is 4.79 Å². The fourth-order valence-corrected chi connectivity index (χ4v) is 2.97. The predicted molar refractivity (Wildman–Crippen MR) is 73.9 cm³/mol. The van der Waals surface area contributed by atoms with E-state index in [1.54, 1.807) is 0 Å². The Morgan fingerprint density at radius 3 is 2.89 bits per heavy atom. The standard InChI is InChI=1S/C14H13BrO3/c1-7-3-12(16)18-14-8(2)13-9(5-11(7)14)4-10(15)6-17-13/h3,5,10H,4,6H2,1-2H3. The molecule has 1 aliphatic heterocycles. The normalized spacial score (nSPS) is 18.5. The van der Waals surface area contributed by atoms with Crippen molar-refractivity contribution in [2.45, 2.75) is 25.1 Å². The van der Waals surface area contributed by atoms with Crippen LogP contribution >= 0.6 is 15.9 Å². The van der Waals surface area contributed by atoms with Crippen molar-refractivity contribution in [1.82, 2.24) is 0 Å². The van der Waals surface area contributed by atoms with Crippen LogP contribution in [0, 0.1) is 13.8 Å².